The molecule has 1 fully saturated rings. The Balaban J connectivity index is 0.00000195. The van der Waals surface area contributed by atoms with Crippen molar-refractivity contribution in [2.75, 3.05) is 18.4 Å². The highest BCUT2D eigenvalue weighted by Gasteiger charge is 2.31. The molecule has 0 unspecified atom stereocenters. The lowest BCUT2D eigenvalue weighted by molar-refractivity contribution is 0.0566. The van der Waals surface area contributed by atoms with E-state index in [-0.39, 0.29) is 25.0 Å². The molecule has 3 heterocycles. The Morgan fingerprint density at radius 2 is 1.71 bits per heavy atom. The number of hydrogen-bond donors (Lipinski definition) is 2. The van der Waals surface area contributed by atoms with E-state index in [1.54, 1.807) is 25.7 Å². The van der Waals surface area contributed by atoms with Crippen LogP contribution >= 0.6 is 0 Å². The Morgan fingerprint density at radius 3 is 2.32 bits per heavy atom. The predicted octanol–water partition coefficient (Wildman–Crippen LogP) is 4.74. The first-order valence-corrected chi connectivity index (χ1v) is 14.1. The lowest BCUT2D eigenvalue weighted by Gasteiger charge is -2.31. The van der Waals surface area contributed by atoms with Crippen LogP contribution in [0.1, 0.15) is 70.2 Å². The number of pyridine rings is 1. The van der Waals surface area contributed by atoms with Crippen molar-refractivity contribution in [3.63, 3.8) is 0 Å². The minimum Gasteiger partial charge on any atom is -0.443 e. The van der Waals surface area contributed by atoms with Crippen molar-refractivity contribution in [2.24, 2.45) is 0 Å². The van der Waals surface area contributed by atoms with Gasteiger partial charge in [0.2, 0.25) is 0 Å². The number of hydrogen-bond acceptors (Lipinski definition) is 6. The summed E-state index contributed by atoms with van der Waals surface area (Å²) in [7, 11) is -3.98. The molecular weight excluding hydrogens is 513 g/mol. The van der Waals surface area contributed by atoms with Crippen molar-refractivity contribution in [2.45, 2.75) is 72.1 Å². The molecule has 3 amide bonds. The summed E-state index contributed by atoms with van der Waals surface area (Å²) in [5, 5.41) is 2.85. The number of amides is 3. The molecule has 0 bridgehead atoms. The third kappa shape index (κ3) is 7.64. The molecule has 0 atom stereocenters. The van der Waals surface area contributed by atoms with Crippen LogP contribution in [0.25, 0.3) is 0 Å². The van der Waals surface area contributed by atoms with E-state index in [4.69, 9.17) is 4.74 Å². The van der Waals surface area contributed by atoms with Gasteiger partial charge in [0.25, 0.3) is 0 Å². The van der Waals surface area contributed by atoms with Crippen LogP contribution in [0.4, 0.5) is 19.7 Å². The van der Waals surface area contributed by atoms with Gasteiger partial charge >= 0.3 is 22.3 Å². The lowest BCUT2D eigenvalue weighted by Crippen LogP contribution is -2.47. The number of nitrogens with one attached hydrogen (secondary N) is 2. The van der Waals surface area contributed by atoms with E-state index in [0.717, 1.165) is 11.8 Å². The maximum absolute atomic E-state index is 13.4. The molecule has 2 N–H and O–H groups in total. The van der Waals surface area contributed by atoms with Crippen LogP contribution in [0.5, 0.6) is 0 Å². The van der Waals surface area contributed by atoms with Crippen molar-refractivity contribution in [3.05, 3.63) is 59.2 Å². The summed E-state index contributed by atoms with van der Waals surface area (Å²) in [4.78, 5) is 30.1. The van der Waals surface area contributed by atoms with Crippen LogP contribution in [-0.4, -0.2) is 53.4 Å². The highest BCUT2D eigenvalue weighted by molar-refractivity contribution is 7.87. The molecule has 10 nitrogen and oxygen atoms in total. The van der Waals surface area contributed by atoms with E-state index in [1.807, 2.05) is 42.8 Å². The molecule has 0 radical (unpaired) electrons. The third-order valence-electron chi connectivity index (χ3n) is 6.05. The van der Waals surface area contributed by atoms with Crippen molar-refractivity contribution >= 4 is 28.0 Å². The lowest BCUT2D eigenvalue weighted by atomic mass is 9.90. The maximum atomic E-state index is 13.4. The molecule has 12 heteroatoms. The summed E-state index contributed by atoms with van der Waals surface area (Å²) >= 11 is 0. The molecule has 2 aliphatic rings. The highest BCUT2D eigenvalue weighted by atomic mass is 32.2. The molecule has 4 rings (SSSR count). The van der Waals surface area contributed by atoms with Crippen molar-refractivity contribution < 1.29 is 27.1 Å². The second kappa shape index (κ2) is 12.1. The summed E-state index contributed by atoms with van der Waals surface area (Å²) < 4.78 is 46.7. The number of rotatable bonds is 4. The fraction of sp³-hybridized carbons (Fsp3) is 0.500. The molecule has 1 saturated heterocycles. The van der Waals surface area contributed by atoms with E-state index in [2.05, 4.69) is 10.3 Å². The first-order valence-electron chi connectivity index (χ1n) is 12.7. The molecule has 0 aliphatic carbocycles. The van der Waals surface area contributed by atoms with Gasteiger partial charge in [-0.25, -0.2) is 18.7 Å². The molecule has 1 aromatic heterocycles. The van der Waals surface area contributed by atoms with E-state index >= 15 is 0 Å². The van der Waals surface area contributed by atoms with Gasteiger partial charge in [0, 0.05) is 25.3 Å². The van der Waals surface area contributed by atoms with E-state index in [9.17, 15) is 22.4 Å². The Hall–Kier alpha value is -3.25. The number of nitrogens with zero attached hydrogens (tertiary/aromatic N) is 3. The Labute approximate surface area is 223 Å². The minimum atomic E-state index is -3.98. The third-order valence-corrected chi connectivity index (χ3v) is 7.52. The summed E-state index contributed by atoms with van der Waals surface area (Å²) in [6, 6.07) is 8.55. The van der Waals surface area contributed by atoms with Crippen LogP contribution in [0.3, 0.4) is 0 Å². The standard InChI is InChI=1S/C24H30FN5O5S.C2H6/c1-24(2,3)35-23(32)28-36(33,34)30-10-8-17(9-11-30)16-4-6-20(7-5-16)27-22(31)29-14-18-12-19(25)13-26-21(18)15-29;1-2/h4-7,12-13,17H,8-11,14-15H2,1-3H3,(H,27,31)(H,28,32);1-2H3. The molecular formula is C26H36FN5O5S. The largest absolute Gasteiger partial charge is 0.443 e. The maximum Gasteiger partial charge on any atom is 0.422 e. The molecule has 0 spiro atoms. The number of carbonyl (C=O) groups is 2. The van der Waals surface area contributed by atoms with Crippen molar-refractivity contribution in [3.8, 4) is 0 Å². The monoisotopic (exact) mass is 549 g/mol. The number of carbonyl (C=O) groups excluding carboxylic acids is 2. The SMILES string of the molecule is CC.CC(C)(C)OC(=O)NS(=O)(=O)N1CCC(c2ccc(NC(=O)N3Cc4cc(F)cnc4C3)cc2)CC1. The number of halogens is 1. The number of aromatic nitrogens is 1. The van der Waals surface area contributed by atoms with Gasteiger partial charge in [-0.15, -0.1) is 0 Å². The van der Waals surface area contributed by atoms with E-state index in [1.165, 1.54) is 10.4 Å². The molecule has 2 aromatic rings. The molecule has 208 valence electrons. The summed E-state index contributed by atoms with van der Waals surface area (Å²) in [6.45, 7) is 10.1. The summed E-state index contributed by atoms with van der Waals surface area (Å²) in [5.74, 6) is -0.272. The van der Waals surface area contributed by atoms with Crippen molar-refractivity contribution in [1.82, 2.24) is 18.9 Å². The molecule has 1 aromatic carbocycles. The zero-order valence-electron chi connectivity index (χ0n) is 22.5. The van der Waals surface area contributed by atoms with Gasteiger partial charge in [0.15, 0.2) is 0 Å². The first kappa shape index (κ1) is 29.3. The van der Waals surface area contributed by atoms with Crippen LogP contribution in [0.15, 0.2) is 36.5 Å². The average Bonchev–Trinajstić information content (AvgIpc) is 3.28. The number of benzene rings is 1. The number of fused-ring (bicyclic) bond motifs is 1. The highest BCUT2D eigenvalue weighted by Crippen LogP contribution is 2.30. The zero-order chi connectivity index (χ0) is 28.1. The zero-order valence-corrected chi connectivity index (χ0v) is 23.3. The number of piperidine rings is 1. The molecule has 2 aliphatic heterocycles. The fourth-order valence-corrected chi connectivity index (χ4v) is 5.39. The summed E-state index contributed by atoms with van der Waals surface area (Å²) in [6.07, 6.45) is 1.34. The van der Waals surface area contributed by atoms with Crippen LogP contribution in [-0.2, 0) is 28.0 Å². The second-order valence-corrected chi connectivity index (χ2v) is 11.6. The Kier molecular flexibility index (Phi) is 9.31. The van der Waals surface area contributed by atoms with Gasteiger partial charge in [-0.3, -0.25) is 4.98 Å². The van der Waals surface area contributed by atoms with Gasteiger partial charge in [0.05, 0.1) is 18.4 Å². The van der Waals surface area contributed by atoms with Gasteiger partial charge < -0.3 is 15.0 Å². The first-order chi connectivity index (χ1) is 17.9. The van der Waals surface area contributed by atoms with Crippen molar-refractivity contribution in [1.29, 1.82) is 0 Å². The van der Waals surface area contributed by atoms with Gasteiger partial charge in [-0.1, -0.05) is 26.0 Å². The molecule has 38 heavy (non-hydrogen) atoms. The fourth-order valence-electron chi connectivity index (χ4n) is 4.31. The summed E-state index contributed by atoms with van der Waals surface area (Å²) in [5.41, 5.74) is 2.26. The average molecular weight is 550 g/mol. The Morgan fingerprint density at radius 1 is 1.08 bits per heavy atom. The van der Waals surface area contributed by atoms with E-state index in [0.29, 0.717) is 42.9 Å². The molecule has 0 saturated carbocycles. The van der Waals surface area contributed by atoms with Gasteiger partial charge in [-0.2, -0.15) is 12.7 Å². The second-order valence-electron chi connectivity index (χ2n) is 9.95. The van der Waals surface area contributed by atoms with Gasteiger partial charge in [0.1, 0.15) is 11.4 Å². The van der Waals surface area contributed by atoms with Crippen LogP contribution in [0, 0.1) is 5.82 Å². The Bertz CT molecular complexity index is 1240. The normalized spacial score (nSPS) is 16.2. The van der Waals surface area contributed by atoms with Crippen LogP contribution in [0.2, 0.25) is 0 Å². The topological polar surface area (TPSA) is 121 Å². The number of ether oxygens (including phenoxy) is 1. The predicted molar refractivity (Wildman–Crippen MR) is 142 cm³/mol. The minimum absolute atomic E-state index is 0.150. The van der Waals surface area contributed by atoms with Gasteiger partial charge in [-0.05, 0) is 68.9 Å². The smallest absolute Gasteiger partial charge is 0.422 e. The van der Waals surface area contributed by atoms with E-state index < -0.39 is 27.7 Å². The van der Waals surface area contributed by atoms with Crippen LogP contribution < -0.4 is 10.0 Å². The quantitative estimate of drug-likeness (QED) is 0.568. The number of urea groups is 1. The number of anilines is 1.